The van der Waals surface area contributed by atoms with E-state index in [1.807, 2.05) is 11.8 Å². The minimum atomic E-state index is -0.964. The maximum absolute atomic E-state index is 13.1. The van der Waals surface area contributed by atoms with Gasteiger partial charge < -0.3 is 24.4 Å². The Bertz CT molecular complexity index is 1300. The minimum absolute atomic E-state index is 0.0361. The summed E-state index contributed by atoms with van der Waals surface area (Å²) in [4.78, 5) is 43.1. The standard InChI is InChI=1S/C24H28ClN7O5/c1-4-10-37-24(35)31(9-11-36-3)18-14-32(19-12-17(25)5-6-26-19)22-20(18)21(27-15-28-22)30-8-7-29(23(33)34)13-16(30)2/h4-6,12,14-16H,1,7-11,13H2,2-3H3,(H,33,34)/t16-/m0/s1. The van der Waals surface area contributed by atoms with Crippen molar-refractivity contribution in [1.29, 1.82) is 0 Å². The zero-order valence-corrected chi connectivity index (χ0v) is 21.3. The predicted octanol–water partition coefficient (Wildman–Crippen LogP) is 3.43. The van der Waals surface area contributed by atoms with E-state index in [0.29, 0.717) is 53.0 Å². The topological polar surface area (TPSA) is 126 Å². The molecule has 3 aromatic heterocycles. The number of amides is 2. The smallest absolute Gasteiger partial charge is 0.414 e. The van der Waals surface area contributed by atoms with Gasteiger partial charge >= 0.3 is 12.2 Å². The molecule has 4 rings (SSSR count). The normalized spacial score (nSPS) is 15.6. The number of piperazine rings is 1. The van der Waals surface area contributed by atoms with Gasteiger partial charge in [0.1, 0.15) is 24.6 Å². The van der Waals surface area contributed by atoms with E-state index in [-0.39, 0.29) is 25.8 Å². The Morgan fingerprint density at radius 2 is 2.14 bits per heavy atom. The van der Waals surface area contributed by atoms with E-state index in [1.54, 1.807) is 36.2 Å². The Morgan fingerprint density at radius 1 is 1.32 bits per heavy atom. The van der Waals surface area contributed by atoms with Crippen LogP contribution in [0.4, 0.5) is 21.1 Å². The molecule has 0 saturated carbocycles. The van der Waals surface area contributed by atoms with Crippen LogP contribution in [0.3, 0.4) is 0 Å². The molecular weight excluding hydrogens is 502 g/mol. The van der Waals surface area contributed by atoms with E-state index in [2.05, 4.69) is 21.5 Å². The summed E-state index contributed by atoms with van der Waals surface area (Å²) in [5.74, 6) is 1.07. The van der Waals surface area contributed by atoms with Crippen molar-refractivity contribution >= 4 is 46.3 Å². The number of anilines is 2. The molecule has 0 radical (unpaired) electrons. The first-order chi connectivity index (χ1) is 17.8. The second-order valence-electron chi connectivity index (χ2n) is 8.39. The highest BCUT2D eigenvalue weighted by Gasteiger charge is 2.32. The Labute approximate surface area is 218 Å². The lowest BCUT2D eigenvalue weighted by Gasteiger charge is -2.39. The fourth-order valence-corrected chi connectivity index (χ4v) is 4.45. The van der Waals surface area contributed by atoms with Crippen LogP contribution in [0.5, 0.6) is 0 Å². The van der Waals surface area contributed by atoms with Crippen LogP contribution in [-0.4, -0.2) is 94.3 Å². The third-order valence-electron chi connectivity index (χ3n) is 6.02. The van der Waals surface area contributed by atoms with Crippen LogP contribution in [0.25, 0.3) is 16.9 Å². The number of methoxy groups -OCH3 is 1. The van der Waals surface area contributed by atoms with E-state index < -0.39 is 12.2 Å². The van der Waals surface area contributed by atoms with Crippen LogP contribution in [0.15, 0.2) is 43.5 Å². The molecule has 0 aliphatic carbocycles. The Morgan fingerprint density at radius 3 is 2.81 bits per heavy atom. The van der Waals surface area contributed by atoms with Gasteiger partial charge in [-0.1, -0.05) is 24.3 Å². The number of hydrogen-bond donors (Lipinski definition) is 1. The second-order valence-corrected chi connectivity index (χ2v) is 8.83. The maximum Gasteiger partial charge on any atom is 0.414 e. The first kappa shape index (κ1) is 26.2. The molecule has 1 atom stereocenters. The largest absolute Gasteiger partial charge is 0.465 e. The fraction of sp³-hybridized carbons (Fsp3) is 0.375. The van der Waals surface area contributed by atoms with Crippen LogP contribution in [-0.2, 0) is 9.47 Å². The van der Waals surface area contributed by atoms with Gasteiger partial charge in [0.2, 0.25) is 0 Å². The fourth-order valence-electron chi connectivity index (χ4n) is 4.30. The highest BCUT2D eigenvalue weighted by molar-refractivity contribution is 6.30. The van der Waals surface area contributed by atoms with Gasteiger partial charge in [-0.2, -0.15) is 0 Å². The Kier molecular flexibility index (Phi) is 8.09. The minimum Gasteiger partial charge on any atom is -0.465 e. The molecule has 0 spiro atoms. The highest BCUT2D eigenvalue weighted by atomic mass is 35.5. The molecule has 0 unspecified atom stereocenters. The van der Waals surface area contributed by atoms with Crippen LogP contribution in [0, 0.1) is 0 Å². The van der Waals surface area contributed by atoms with Crippen LogP contribution in [0.2, 0.25) is 5.02 Å². The van der Waals surface area contributed by atoms with Crippen molar-refractivity contribution in [1.82, 2.24) is 24.4 Å². The number of carbonyl (C=O) groups is 2. The van der Waals surface area contributed by atoms with Crippen molar-refractivity contribution < 1.29 is 24.2 Å². The van der Waals surface area contributed by atoms with Crippen LogP contribution >= 0.6 is 11.6 Å². The summed E-state index contributed by atoms with van der Waals surface area (Å²) < 4.78 is 12.4. The Hall–Kier alpha value is -3.90. The van der Waals surface area contributed by atoms with Gasteiger partial charge in [-0.05, 0) is 13.0 Å². The lowest BCUT2D eigenvalue weighted by Crippen LogP contribution is -2.53. The zero-order chi connectivity index (χ0) is 26.5. The first-order valence-electron chi connectivity index (χ1n) is 11.6. The van der Waals surface area contributed by atoms with Gasteiger partial charge in [-0.15, -0.1) is 0 Å². The Balaban J connectivity index is 1.90. The summed E-state index contributed by atoms with van der Waals surface area (Å²) in [5.41, 5.74) is 0.993. The molecule has 13 heteroatoms. The molecule has 0 bridgehead atoms. The van der Waals surface area contributed by atoms with Crippen molar-refractivity contribution in [2.24, 2.45) is 0 Å². The lowest BCUT2D eigenvalue weighted by molar-refractivity contribution is 0.136. The molecule has 196 valence electrons. The van der Waals surface area contributed by atoms with E-state index in [1.165, 1.54) is 22.2 Å². The molecule has 4 heterocycles. The summed E-state index contributed by atoms with van der Waals surface area (Å²) in [5, 5.41) is 10.5. The number of halogens is 1. The third-order valence-corrected chi connectivity index (χ3v) is 6.26. The molecule has 1 aliphatic heterocycles. The molecular formula is C24H28ClN7O5. The van der Waals surface area contributed by atoms with Crippen molar-refractivity contribution in [3.05, 3.63) is 48.5 Å². The van der Waals surface area contributed by atoms with Crippen molar-refractivity contribution in [3.63, 3.8) is 0 Å². The number of fused-ring (bicyclic) bond motifs is 1. The van der Waals surface area contributed by atoms with Gasteiger partial charge in [0.15, 0.2) is 5.65 Å². The summed E-state index contributed by atoms with van der Waals surface area (Å²) >= 11 is 6.25. The molecule has 1 aliphatic rings. The molecule has 1 fully saturated rings. The average molecular weight is 530 g/mol. The summed E-state index contributed by atoms with van der Waals surface area (Å²) in [6.45, 7) is 7.06. The number of hydrogen-bond acceptors (Lipinski definition) is 8. The van der Waals surface area contributed by atoms with Crippen LogP contribution in [0.1, 0.15) is 6.92 Å². The van der Waals surface area contributed by atoms with E-state index in [0.717, 1.165) is 0 Å². The van der Waals surface area contributed by atoms with Crippen molar-refractivity contribution in [2.75, 3.05) is 56.3 Å². The number of aromatic nitrogens is 4. The monoisotopic (exact) mass is 529 g/mol. The van der Waals surface area contributed by atoms with E-state index in [9.17, 15) is 14.7 Å². The second kappa shape index (κ2) is 11.4. The molecule has 12 nitrogen and oxygen atoms in total. The summed E-state index contributed by atoms with van der Waals surface area (Å²) in [6.07, 6.45) is 4.70. The van der Waals surface area contributed by atoms with Gasteiger partial charge in [0.05, 0.1) is 24.2 Å². The molecule has 1 saturated heterocycles. The van der Waals surface area contributed by atoms with Crippen molar-refractivity contribution in [2.45, 2.75) is 13.0 Å². The zero-order valence-electron chi connectivity index (χ0n) is 20.6. The van der Waals surface area contributed by atoms with E-state index >= 15 is 0 Å². The van der Waals surface area contributed by atoms with Crippen molar-refractivity contribution in [3.8, 4) is 5.82 Å². The first-order valence-corrected chi connectivity index (χ1v) is 12.0. The molecule has 2 amide bonds. The van der Waals surface area contributed by atoms with E-state index in [4.69, 9.17) is 21.1 Å². The summed E-state index contributed by atoms with van der Waals surface area (Å²) in [7, 11) is 1.55. The number of nitrogens with zero attached hydrogens (tertiary/aromatic N) is 7. The number of ether oxygens (including phenoxy) is 2. The van der Waals surface area contributed by atoms with Crippen LogP contribution < -0.4 is 9.80 Å². The molecule has 0 aromatic carbocycles. The predicted molar refractivity (Wildman–Crippen MR) is 139 cm³/mol. The molecule has 3 aromatic rings. The summed E-state index contributed by atoms with van der Waals surface area (Å²) in [6, 6.07) is 3.18. The van der Waals surface area contributed by atoms with Gasteiger partial charge in [-0.25, -0.2) is 24.5 Å². The number of carboxylic acid groups (broad SMARTS) is 1. The van der Waals surface area contributed by atoms with Gasteiger partial charge in [0.25, 0.3) is 0 Å². The molecule has 37 heavy (non-hydrogen) atoms. The van der Waals surface area contributed by atoms with Gasteiger partial charge in [-0.3, -0.25) is 9.47 Å². The number of rotatable bonds is 8. The SMILES string of the molecule is C=CCOC(=O)N(CCOC)c1cn(-c2cc(Cl)ccn2)c2ncnc(N3CCN(C(=O)O)C[C@@H]3C)c12. The average Bonchev–Trinajstić information content (AvgIpc) is 3.27. The molecule has 1 N–H and O–H groups in total. The number of pyridine rings is 1. The maximum atomic E-state index is 13.1. The third kappa shape index (κ3) is 5.44. The lowest BCUT2D eigenvalue weighted by atomic mass is 10.1. The quantitative estimate of drug-likeness (QED) is 0.436. The number of carbonyl (C=O) groups excluding carboxylic acids is 1. The van der Waals surface area contributed by atoms with Gasteiger partial charge in [0, 0.05) is 56.3 Å². The highest BCUT2D eigenvalue weighted by Crippen LogP contribution is 2.37.